The fourth-order valence-electron chi connectivity index (χ4n) is 3.43. The SMILES string of the molecule is N#Cc1ccc(OCC(=O)N2CCc3sccc3C2c2ccccc2)cc1. The normalized spacial score (nSPS) is 15.7. The third kappa shape index (κ3) is 3.57. The van der Waals surface area contributed by atoms with Crippen LogP contribution in [0.15, 0.2) is 66.0 Å². The minimum atomic E-state index is -0.0711. The third-order valence-electron chi connectivity index (χ3n) is 4.75. The van der Waals surface area contributed by atoms with E-state index in [0.717, 1.165) is 12.0 Å². The number of hydrogen-bond acceptors (Lipinski definition) is 4. The molecule has 5 heteroatoms. The van der Waals surface area contributed by atoms with E-state index >= 15 is 0 Å². The van der Waals surface area contributed by atoms with Gasteiger partial charge in [0, 0.05) is 11.4 Å². The van der Waals surface area contributed by atoms with Crippen LogP contribution in [0.5, 0.6) is 5.75 Å². The van der Waals surface area contributed by atoms with Crippen LogP contribution in [0.25, 0.3) is 0 Å². The van der Waals surface area contributed by atoms with Crippen molar-refractivity contribution in [3.05, 3.63) is 87.6 Å². The van der Waals surface area contributed by atoms with E-state index < -0.39 is 0 Å². The lowest BCUT2D eigenvalue weighted by Crippen LogP contribution is -2.42. The molecule has 1 unspecified atom stereocenters. The van der Waals surface area contributed by atoms with E-state index in [1.165, 1.54) is 10.4 Å². The van der Waals surface area contributed by atoms with Crippen LogP contribution >= 0.6 is 11.3 Å². The van der Waals surface area contributed by atoms with Crippen molar-refractivity contribution in [2.75, 3.05) is 13.2 Å². The zero-order chi connectivity index (χ0) is 18.6. The van der Waals surface area contributed by atoms with Gasteiger partial charge in [0.2, 0.25) is 0 Å². The first-order valence-corrected chi connectivity index (χ1v) is 9.68. The molecule has 4 rings (SSSR count). The Morgan fingerprint density at radius 1 is 1.15 bits per heavy atom. The van der Waals surface area contributed by atoms with Crippen LogP contribution < -0.4 is 4.74 Å². The minimum Gasteiger partial charge on any atom is -0.484 e. The topological polar surface area (TPSA) is 53.3 Å². The molecule has 1 aliphatic rings. The summed E-state index contributed by atoms with van der Waals surface area (Å²) in [6, 6.07) is 21.1. The standard InChI is InChI=1S/C22H18N2O2S/c23-14-16-6-8-18(9-7-16)26-15-21(25)24-12-10-20-19(11-13-27-20)22(24)17-4-2-1-3-5-17/h1-9,11,13,22H,10,12,15H2. The van der Waals surface area contributed by atoms with E-state index in [1.807, 2.05) is 23.1 Å². The summed E-state index contributed by atoms with van der Waals surface area (Å²) in [6.07, 6.45) is 0.874. The Kier molecular flexibility index (Phi) is 4.91. The maximum absolute atomic E-state index is 13.0. The van der Waals surface area contributed by atoms with Gasteiger partial charge in [-0.3, -0.25) is 4.79 Å². The number of hydrogen-bond donors (Lipinski definition) is 0. The van der Waals surface area contributed by atoms with Gasteiger partial charge in [0.25, 0.3) is 5.91 Å². The minimum absolute atomic E-state index is 0.0191. The highest BCUT2D eigenvalue weighted by Crippen LogP contribution is 2.37. The molecule has 2 heterocycles. The molecular formula is C22H18N2O2S. The zero-order valence-electron chi connectivity index (χ0n) is 14.7. The van der Waals surface area contributed by atoms with Crippen molar-refractivity contribution in [2.24, 2.45) is 0 Å². The van der Waals surface area contributed by atoms with Gasteiger partial charge in [0.1, 0.15) is 5.75 Å². The van der Waals surface area contributed by atoms with Gasteiger partial charge in [0.15, 0.2) is 6.61 Å². The van der Waals surface area contributed by atoms with Crippen LogP contribution in [0.3, 0.4) is 0 Å². The number of nitriles is 1. The molecule has 0 aliphatic carbocycles. The summed E-state index contributed by atoms with van der Waals surface area (Å²) in [5, 5.41) is 11.0. The fraction of sp³-hybridized carbons (Fsp3) is 0.182. The van der Waals surface area contributed by atoms with E-state index in [0.29, 0.717) is 17.9 Å². The second-order valence-electron chi connectivity index (χ2n) is 6.37. The Morgan fingerprint density at radius 2 is 1.93 bits per heavy atom. The summed E-state index contributed by atoms with van der Waals surface area (Å²) in [7, 11) is 0. The van der Waals surface area contributed by atoms with Crippen molar-refractivity contribution in [2.45, 2.75) is 12.5 Å². The van der Waals surface area contributed by atoms with Gasteiger partial charge in [-0.2, -0.15) is 5.26 Å². The van der Waals surface area contributed by atoms with E-state index in [2.05, 4.69) is 29.6 Å². The lowest BCUT2D eigenvalue weighted by molar-refractivity contribution is -0.135. The summed E-state index contributed by atoms with van der Waals surface area (Å²) in [5.41, 5.74) is 2.89. The smallest absolute Gasteiger partial charge is 0.261 e. The number of ether oxygens (including phenoxy) is 1. The molecule has 0 bridgehead atoms. The number of fused-ring (bicyclic) bond motifs is 1. The second-order valence-corrected chi connectivity index (χ2v) is 7.37. The molecule has 1 amide bonds. The van der Waals surface area contributed by atoms with Crippen molar-refractivity contribution in [3.8, 4) is 11.8 Å². The van der Waals surface area contributed by atoms with Crippen LogP contribution in [0.1, 0.15) is 27.6 Å². The average molecular weight is 374 g/mol. The predicted molar refractivity (Wildman–Crippen MR) is 105 cm³/mol. The Labute approximate surface area is 162 Å². The Morgan fingerprint density at radius 3 is 2.67 bits per heavy atom. The zero-order valence-corrected chi connectivity index (χ0v) is 15.5. The quantitative estimate of drug-likeness (QED) is 0.689. The van der Waals surface area contributed by atoms with Crippen molar-refractivity contribution in [1.29, 1.82) is 5.26 Å². The van der Waals surface area contributed by atoms with Crippen molar-refractivity contribution < 1.29 is 9.53 Å². The van der Waals surface area contributed by atoms with Gasteiger partial charge in [-0.05, 0) is 53.3 Å². The molecule has 1 aliphatic heterocycles. The van der Waals surface area contributed by atoms with E-state index in [4.69, 9.17) is 10.00 Å². The highest BCUT2D eigenvalue weighted by Gasteiger charge is 2.32. The molecule has 0 saturated heterocycles. The van der Waals surface area contributed by atoms with Crippen molar-refractivity contribution >= 4 is 17.2 Å². The first-order chi connectivity index (χ1) is 13.3. The molecule has 0 N–H and O–H groups in total. The number of amides is 1. The van der Waals surface area contributed by atoms with Crippen LogP contribution in [0.2, 0.25) is 0 Å². The van der Waals surface area contributed by atoms with Gasteiger partial charge in [0.05, 0.1) is 17.7 Å². The largest absolute Gasteiger partial charge is 0.484 e. The lowest BCUT2D eigenvalue weighted by atomic mass is 9.93. The highest BCUT2D eigenvalue weighted by molar-refractivity contribution is 7.10. The average Bonchev–Trinajstić information content (AvgIpc) is 3.21. The molecule has 0 radical (unpaired) electrons. The molecule has 1 aromatic heterocycles. The van der Waals surface area contributed by atoms with Gasteiger partial charge in [-0.1, -0.05) is 30.3 Å². The number of carbonyl (C=O) groups is 1. The summed E-state index contributed by atoms with van der Waals surface area (Å²) in [5.74, 6) is 0.553. The number of carbonyl (C=O) groups excluding carboxylic acids is 1. The highest BCUT2D eigenvalue weighted by atomic mass is 32.1. The molecular weight excluding hydrogens is 356 g/mol. The second kappa shape index (κ2) is 7.65. The van der Waals surface area contributed by atoms with Gasteiger partial charge < -0.3 is 9.64 Å². The number of rotatable bonds is 4. The lowest BCUT2D eigenvalue weighted by Gasteiger charge is -2.36. The fourth-order valence-corrected chi connectivity index (χ4v) is 4.34. The first-order valence-electron chi connectivity index (χ1n) is 8.80. The molecule has 2 aromatic carbocycles. The molecule has 134 valence electrons. The molecule has 4 nitrogen and oxygen atoms in total. The number of nitrogens with zero attached hydrogens (tertiary/aromatic N) is 2. The summed E-state index contributed by atoms with van der Waals surface area (Å²) < 4.78 is 5.68. The third-order valence-corrected chi connectivity index (χ3v) is 5.74. The van der Waals surface area contributed by atoms with E-state index in [-0.39, 0.29) is 18.6 Å². The van der Waals surface area contributed by atoms with Crippen molar-refractivity contribution in [3.63, 3.8) is 0 Å². The molecule has 0 spiro atoms. The Balaban J connectivity index is 1.54. The maximum atomic E-state index is 13.0. The Hall–Kier alpha value is -3.10. The summed E-state index contributed by atoms with van der Waals surface area (Å²) >= 11 is 1.76. The van der Waals surface area contributed by atoms with Crippen LogP contribution in [-0.2, 0) is 11.2 Å². The van der Waals surface area contributed by atoms with Crippen molar-refractivity contribution in [1.82, 2.24) is 4.90 Å². The van der Waals surface area contributed by atoms with Crippen LogP contribution in [-0.4, -0.2) is 24.0 Å². The molecule has 27 heavy (non-hydrogen) atoms. The van der Waals surface area contributed by atoms with E-state index in [1.54, 1.807) is 35.6 Å². The number of benzene rings is 2. The Bertz CT molecular complexity index is 974. The summed E-state index contributed by atoms with van der Waals surface area (Å²) in [4.78, 5) is 16.2. The summed E-state index contributed by atoms with van der Waals surface area (Å²) in [6.45, 7) is 0.664. The van der Waals surface area contributed by atoms with Crippen LogP contribution in [0, 0.1) is 11.3 Å². The monoisotopic (exact) mass is 374 g/mol. The van der Waals surface area contributed by atoms with Gasteiger partial charge in [-0.25, -0.2) is 0 Å². The maximum Gasteiger partial charge on any atom is 0.261 e. The van der Waals surface area contributed by atoms with Gasteiger partial charge >= 0.3 is 0 Å². The van der Waals surface area contributed by atoms with E-state index in [9.17, 15) is 4.79 Å². The molecule has 1 atom stereocenters. The molecule has 0 fully saturated rings. The number of thiophene rings is 1. The first kappa shape index (κ1) is 17.3. The molecule has 0 saturated carbocycles. The van der Waals surface area contributed by atoms with Crippen LogP contribution in [0.4, 0.5) is 0 Å². The van der Waals surface area contributed by atoms with Gasteiger partial charge in [-0.15, -0.1) is 11.3 Å². The predicted octanol–water partition coefficient (Wildman–Crippen LogP) is 4.17. The molecule has 3 aromatic rings.